The molecule has 0 saturated carbocycles. The lowest BCUT2D eigenvalue weighted by Crippen LogP contribution is -2.30. The highest BCUT2D eigenvalue weighted by molar-refractivity contribution is 6.41. The maximum atomic E-state index is 12.1. The lowest BCUT2D eigenvalue weighted by Gasteiger charge is -2.14. The van der Waals surface area contributed by atoms with E-state index in [4.69, 9.17) is 51.1 Å². The zero-order valence-corrected chi connectivity index (χ0v) is 15.2. The van der Waals surface area contributed by atoms with Gasteiger partial charge in [-0.05, 0) is 31.2 Å². The highest BCUT2D eigenvalue weighted by atomic mass is 35.5. The molecule has 1 unspecified atom stereocenters. The molecule has 2 aromatic rings. The fourth-order valence-electron chi connectivity index (χ4n) is 1.68. The van der Waals surface area contributed by atoms with Crippen molar-refractivity contribution in [3.8, 4) is 0 Å². The van der Waals surface area contributed by atoms with Crippen LogP contribution in [0, 0.1) is 0 Å². The fraction of sp³-hybridized carbons (Fsp3) is 0.133. The molecule has 1 amide bonds. The Morgan fingerprint density at radius 2 is 1.71 bits per heavy atom. The standard InChI is InChI=1S/C15H10Cl4N2O3/c1-7(14(22)21-11-4-9(16)3-10(17)5-11)24-15(23)8-2-12(18)13(19)20-6-8/h2-7H,1H3,(H,21,22). The molecule has 1 aromatic carbocycles. The zero-order valence-electron chi connectivity index (χ0n) is 12.1. The normalized spacial score (nSPS) is 11.7. The van der Waals surface area contributed by atoms with Gasteiger partial charge in [-0.2, -0.15) is 0 Å². The number of nitrogens with zero attached hydrogens (tertiary/aromatic N) is 1. The molecule has 1 atom stereocenters. The first-order valence-electron chi connectivity index (χ1n) is 6.55. The molecule has 1 heterocycles. The summed E-state index contributed by atoms with van der Waals surface area (Å²) in [7, 11) is 0. The highest BCUT2D eigenvalue weighted by Crippen LogP contribution is 2.23. The number of benzene rings is 1. The van der Waals surface area contributed by atoms with E-state index in [9.17, 15) is 9.59 Å². The van der Waals surface area contributed by atoms with Crippen LogP contribution in [0.1, 0.15) is 17.3 Å². The van der Waals surface area contributed by atoms with Crippen molar-refractivity contribution in [3.63, 3.8) is 0 Å². The van der Waals surface area contributed by atoms with Crippen LogP contribution in [-0.4, -0.2) is 23.0 Å². The van der Waals surface area contributed by atoms with Gasteiger partial charge in [0.1, 0.15) is 5.15 Å². The minimum absolute atomic E-state index is 0.0665. The Morgan fingerprint density at radius 3 is 2.29 bits per heavy atom. The number of carbonyl (C=O) groups is 2. The monoisotopic (exact) mass is 406 g/mol. The fourth-order valence-corrected chi connectivity index (χ4v) is 2.48. The van der Waals surface area contributed by atoms with E-state index in [-0.39, 0.29) is 15.7 Å². The summed E-state index contributed by atoms with van der Waals surface area (Å²) >= 11 is 23.2. The SMILES string of the molecule is CC(OC(=O)c1cnc(Cl)c(Cl)c1)C(=O)Nc1cc(Cl)cc(Cl)c1. The number of anilines is 1. The van der Waals surface area contributed by atoms with Crippen molar-refractivity contribution in [1.29, 1.82) is 0 Å². The van der Waals surface area contributed by atoms with Crippen molar-refractivity contribution in [2.45, 2.75) is 13.0 Å². The van der Waals surface area contributed by atoms with Gasteiger partial charge in [-0.1, -0.05) is 46.4 Å². The molecule has 0 aliphatic heterocycles. The maximum absolute atomic E-state index is 12.1. The summed E-state index contributed by atoms with van der Waals surface area (Å²) in [6, 6.07) is 5.87. The van der Waals surface area contributed by atoms with Crippen LogP contribution in [0.3, 0.4) is 0 Å². The van der Waals surface area contributed by atoms with Gasteiger partial charge in [0.25, 0.3) is 5.91 Å². The molecule has 1 aromatic heterocycles. The number of aromatic nitrogens is 1. The number of hydrogen-bond donors (Lipinski definition) is 1. The van der Waals surface area contributed by atoms with Crippen molar-refractivity contribution in [1.82, 2.24) is 4.98 Å². The van der Waals surface area contributed by atoms with E-state index in [0.29, 0.717) is 15.7 Å². The van der Waals surface area contributed by atoms with Crippen molar-refractivity contribution in [2.75, 3.05) is 5.32 Å². The van der Waals surface area contributed by atoms with Gasteiger partial charge in [-0.3, -0.25) is 4.79 Å². The Morgan fingerprint density at radius 1 is 1.08 bits per heavy atom. The number of carbonyl (C=O) groups excluding carboxylic acids is 2. The van der Waals surface area contributed by atoms with E-state index in [1.165, 1.54) is 37.4 Å². The van der Waals surface area contributed by atoms with E-state index in [1.54, 1.807) is 0 Å². The first-order chi connectivity index (χ1) is 11.3. The summed E-state index contributed by atoms with van der Waals surface area (Å²) in [5, 5.41) is 3.46. The molecular weight excluding hydrogens is 398 g/mol. The molecule has 0 fully saturated rings. The second kappa shape index (κ2) is 8.03. The first-order valence-corrected chi connectivity index (χ1v) is 8.06. The Labute approximate surface area is 157 Å². The lowest BCUT2D eigenvalue weighted by molar-refractivity contribution is -0.123. The summed E-state index contributed by atoms with van der Waals surface area (Å²) in [6.45, 7) is 1.42. The van der Waals surface area contributed by atoms with Gasteiger partial charge >= 0.3 is 5.97 Å². The summed E-state index contributed by atoms with van der Waals surface area (Å²) in [5.41, 5.74) is 0.464. The van der Waals surface area contributed by atoms with Gasteiger partial charge < -0.3 is 10.1 Å². The molecule has 0 aliphatic rings. The molecule has 0 radical (unpaired) electrons. The first kappa shape index (κ1) is 18.8. The van der Waals surface area contributed by atoms with Crippen LogP contribution < -0.4 is 5.32 Å². The van der Waals surface area contributed by atoms with Crippen molar-refractivity contribution in [3.05, 3.63) is 56.2 Å². The van der Waals surface area contributed by atoms with Crippen LogP contribution >= 0.6 is 46.4 Å². The van der Waals surface area contributed by atoms with Crippen molar-refractivity contribution in [2.24, 2.45) is 0 Å². The summed E-state index contributed by atoms with van der Waals surface area (Å²) in [5.74, 6) is -1.30. The maximum Gasteiger partial charge on any atom is 0.340 e. The number of rotatable bonds is 4. The molecule has 126 valence electrons. The van der Waals surface area contributed by atoms with Crippen LogP contribution in [-0.2, 0) is 9.53 Å². The van der Waals surface area contributed by atoms with Gasteiger partial charge in [0.05, 0.1) is 10.6 Å². The van der Waals surface area contributed by atoms with E-state index < -0.39 is 18.0 Å². The minimum atomic E-state index is -1.07. The van der Waals surface area contributed by atoms with Gasteiger partial charge in [0.2, 0.25) is 0 Å². The number of hydrogen-bond acceptors (Lipinski definition) is 4. The number of halogens is 4. The van der Waals surface area contributed by atoms with Crippen molar-refractivity contribution < 1.29 is 14.3 Å². The Balaban J connectivity index is 2.02. The third-order valence-corrected chi connectivity index (χ3v) is 3.94. The molecule has 1 N–H and O–H groups in total. The van der Waals surface area contributed by atoms with E-state index in [2.05, 4.69) is 10.3 Å². The number of pyridine rings is 1. The molecular formula is C15H10Cl4N2O3. The van der Waals surface area contributed by atoms with Crippen LogP contribution in [0.25, 0.3) is 0 Å². The van der Waals surface area contributed by atoms with Crippen LogP contribution in [0.4, 0.5) is 5.69 Å². The molecule has 9 heteroatoms. The molecule has 0 bridgehead atoms. The molecule has 0 aliphatic carbocycles. The van der Waals surface area contributed by atoms with Gasteiger partial charge in [0.15, 0.2) is 6.10 Å². The molecule has 0 spiro atoms. The predicted molar refractivity (Wildman–Crippen MR) is 94.2 cm³/mol. The average Bonchev–Trinajstić information content (AvgIpc) is 2.48. The van der Waals surface area contributed by atoms with Crippen LogP contribution in [0.2, 0.25) is 20.2 Å². The lowest BCUT2D eigenvalue weighted by atomic mass is 10.2. The number of esters is 1. The predicted octanol–water partition coefficient (Wildman–Crippen LogP) is 4.88. The smallest absolute Gasteiger partial charge is 0.340 e. The zero-order chi connectivity index (χ0) is 17.9. The van der Waals surface area contributed by atoms with Crippen LogP contribution in [0.15, 0.2) is 30.5 Å². The van der Waals surface area contributed by atoms with Gasteiger partial charge in [-0.15, -0.1) is 0 Å². The van der Waals surface area contributed by atoms with E-state index >= 15 is 0 Å². The summed E-state index contributed by atoms with van der Waals surface area (Å²) in [6.07, 6.45) is 0.141. The average molecular weight is 408 g/mol. The summed E-state index contributed by atoms with van der Waals surface area (Å²) in [4.78, 5) is 27.8. The molecule has 5 nitrogen and oxygen atoms in total. The minimum Gasteiger partial charge on any atom is -0.449 e. The number of amides is 1. The molecule has 24 heavy (non-hydrogen) atoms. The third-order valence-electron chi connectivity index (χ3n) is 2.82. The van der Waals surface area contributed by atoms with Gasteiger partial charge in [-0.25, -0.2) is 9.78 Å². The van der Waals surface area contributed by atoms with E-state index in [1.807, 2.05) is 0 Å². The number of ether oxygens (including phenoxy) is 1. The van der Waals surface area contributed by atoms with Crippen LogP contribution in [0.5, 0.6) is 0 Å². The Hall–Kier alpha value is -1.53. The largest absolute Gasteiger partial charge is 0.449 e. The van der Waals surface area contributed by atoms with Crippen molar-refractivity contribution >= 4 is 64.0 Å². The van der Waals surface area contributed by atoms with Gasteiger partial charge in [0, 0.05) is 21.9 Å². The molecule has 2 rings (SSSR count). The quantitative estimate of drug-likeness (QED) is 0.579. The Bertz CT molecular complexity index is 778. The number of nitrogens with one attached hydrogen (secondary N) is 1. The Kier molecular flexibility index (Phi) is 6.29. The second-order valence-electron chi connectivity index (χ2n) is 4.69. The topological polar surface area (TPSA) is 68.3 Å². The second-order valence-corrected chi connectivity index (χ2v) is 6.33. The third kappa shape index (κ3) is 4.98. The summed E-state index contributed by atoms with van der Waals surface area (Å²) < 4.78 is 5.07. The molecule has 0 saturated heterocycles. The van der Waals surface area contributed by atoms with E-state index in [0.717, 1.165) is 0 Å². The highest BCUT2D eigenvalue weighted by Gasteiger charge is 2.20.